The smallest absolute Gasteiger partial charge is 0.328 e. The first kappa shape index (κ1) is 14.2. The number of hydrogen-bond donors (Lipinski definition) is 1. The molecule has 20 heavy (non-hydrogen) atoms. The lowest BCUT2D eigenvalue weighted by Gasteiger charge is -2.08. The molecule has 0 spiro atoms. The van der Waals surface area contributed by atoms with E-state index in [0.29, 0.717) is 22.9 Å². The number of carbonyl (C=O) groups is 1. The highest BCUT2D eigenvalue weighted by molar-refractivity contribution is 6.32. The molecule has 102 valence electrons. The highest BCUT2D eigenvalue weighted by Crippen LogP contribution is 2.26. The van der Waals surface area contributed by atoms with Gasteiger partial charge in [0, 0.05) is 6.08 Å². The number of aliphatic carboxylic acids is 1. The summed E-state index contributed by atoms with van der Waals surface area (Å²) in [7, 11) is 0. The normalized spacial score (nSPS) is 10.7. The number of hydrogen-bond acceptors (Lipinski definition) is 2. The first-order chi connectivity index (χ1) is 9.65. The quantitative estimate of drug-likeness (QED) is 0.845. The Morgan fingerprint density at radius 1 is 1.20 bits per heavy atom. The van der Waals surface area contributed by atoms with Crippen LogP contribution in [-0.2, 0) is 11.4 Å². The van der Waals surface area contributed by atoms with E-state index < -0.39 is 5.97 Å². The highest BCUT2D eigenvalue weighted by atomic mass is 35.5. The molecule has 1 N–H and O–H groups in total. The van der Waals surface area contributed by atoms with Gasteiger partial charge in [0.25, 0.3) is 0 Å². The highest BCUT2D eigenvalue weighted by Gasteiger charge is 2.03. The maximum atomic E-state index is 10.4. The van der Waals surface area contributed by atoms with Crippen molar-refractivity contribution in [3.05, 3.63) is 70.8 Å². The van der Waals surface area contributed by atoms with Gasteiger partial charge < -0.3 is 9.84 Å². The topological polar surface area (TPSA) is 46.5 Å². The van der Waals surface area contributed by atoms with Gasteiger partial charge in [0.15, 0.2) is 0 Å². The van der Waals surface area contributed by atoms with Crippen LogP contribution in [0.3, 0.4) is 0 Å². The van der Waals surface area contributed by atoms with E-state index in [1.807, 2.05) is 30.3 Å². The van der Waals surface area contributed by atoms with Gasteiger partial charge in [-0.05, 0) is 29.3 Å². The average Bonchev–Trinajstić information content (AvgIpc) is 2.45. The van der Waals surface area contributed by atoms with Crippen LogP contribution in [0.25, 0.3) is 6.08 Å². The monoisotopic (exact) mass is 288 g/mol. The van der Waals surface area contributed by atoms with Crippen molar-refractivity contribution < 1.29 is 14.6 Å². The molecule has 0 aliphatic rings. The lowest BCUT2D eigenvalue weighted by molar-refractivity contribution is -0.131. The van der Waals surface area contributed by atoms with Crippen molar-refractivity contribution in [2.45, 2.75) is 6.61 Å². The van der Waals surface area contributed by atoms with Crippen molar-refractivity contribution >= 4 is 23.6 Å². The molecule has 4 heteroatoms. The minimum Gasteiger partial charge on any atom is -0.487 e. The van der Waals surface area contributed by atoms with Gasteiger partial charge in [-0.25, -0.2) is 4.79 Å². The molecule has 0 heterocycles. The van der Waals surface area contributed by atoms with Gasteiger partial charge in [-0.2, -0.15) is 0 Å². The molecule has 0 fully saturated rings. The van der Waals surface area contributed by atoms with Gasteiger partial charge >= 0.3 is 5.97 Å². The number of carboxylic acids is 1. The molecule has 0 atom stereocenters. The van der Waals surface area contributed by atoms with Gasteiger partial charge in [0.1, 0.15) is 12.4 Å². The summed E-state index contributed by atoms with van der Waals surface area (Å²) in [6, 6.07) is 14.9. The van der Waals surface area contributed by atoms with E-state index >= 15 is 0 Å². The molecule has 0 bridgehead atoms. The Morgan fingerprint density at radius 2 is 1.95 bits per heavy atom. The van der Waals surface area contributed by atoms with Gasteiger partial charge in [-0.15, -0.1) is 0 Å². The van der Waals surface area contributed by atoms with Crippen LogP contribution in [0.4, 0.5) is 0 Å². The molecule has 0 aliphatic heterocycles. The third kappa shape index (κ3) is 4.14. The molecule has 2 aromatic carbocycles. The second-order valence-electron chi connectivity index (χ2n) is 4.14. The van der Waals surface area contributed by atoms with Crippen LogP contribution in [0.15, 0.2) is 54.6 Å². The maximum absolute atomic E-state index is 10.4. The van der Waals surface area contributed by atoms with Crippen molar-refractivity contribution in [2.75, 3.05) is 0 Å². The largest absolute Gasteiger partial charge is 0.487 e. The van der Waals surface area contributed by atoms with Crippen LogP contribution in [0.2, 0.25) is 5.02 Å². The lowest BCUT2D eigenvalue weighted by Crippen LogP contribution is -1.95. The number of halogens is 1. The molecule has 0 saturated carbocycles. The van der Waals surface area contributed by atoms with E-state index in [1.54, 1.807) is 18.2 Å². The number of ether oxygens (including phenoxy) is 1. The van der Waals surface area contributed by atoms with Crippen molar-refractivity contribution in [1.82, 2.24) is 0 Å². The standard InChI is InChI=1S/C16H13ClO3/c17-14-10-12(7-9-16(18)19)6-8-15(14)20-11-13-4-2-1-3-5-13/h1-10H,11H2,(H,18,19). The summed E-state index contributed by atoms with van der Waals surface area (Å²) in [6.45, 7) is 0.435. The summed E-state index contributed by atoms with van der Waals surface area (Å²) in [5, 5.41) is 9.02. The maximum Gasteiger partial charge on any atom is 0.328 e. The first-order valence-electron chi connectivity index (χ1n) is 6.02. The Hall–Kier alpha value is -2.26. The summed E-state index contributed by atoms with van der Waals surface area (Å²) < 4.78 is 5.63. The van der Waals surface area contributed by atoms with Gasteiger partial charge in [0.05, 0.1) is 5.02 Å². The van der Waals surface area contributed by atoms with Crippen LogP contribution in [0.1, 0.15) is 11.1 Å². The number of rotatable bonds is 5. The minimum atomic E-state index is -0.995. The summed E-state index contributed by atoms with van der Waals surface area (Å²) in [4.78, 5) is 10.4. The van der Waals surface area contributed by atoms with E-state index in [1.165, 1.54) is 6.08 Å². The molecule has 0 saturated heterocycles. The SMILES string of the molecule is O=C(O)C=Cc1ccc(OCc2ccccc2)c(Cl)c1. The Balaban J connectivity index is 2.04. The number of carboxylic acid groups (broad SMARTS) is 1. The Bertz CT molecular complexity index is 621. The van der Waals surface area contributed by atoms with E-state index in [0.717, 1.165) is 11.6 Å². The summed E-state index contributed by atoms with van der Waals surface area (Å²) >= 11 is 6.10. The predicted octanol–water partition coefficient (Wildman–Crippen LogP) is 4.02. The fourth-order valence-corrected chi connectivity index (χ4v) is 1.88. The Kier molecular flexibility index (Phi) is 4.80. The second-order valence-corrected chi connectivity index (χ2v) is 4.54. The molecule has 0 aromatic heterocycles. The van der Waals surface area contributed by atoms with Gasteiger partial charge in [-0.1, -0.05) is 48.0 Å². The first-order valence-corrected chi connectivity index (χ1v) is 6.40. The van der Waals surface area contributed by atoms with Gasteiger partial charge in [0.2, 0.25) is 0 Å². The van der Waals surface area contributed by atoms with Crippen LogP contribution in [0.5, 0.6) is 5.75 Å². The Morgan fingerprint density at radius 3 is 2.60 bits per heavy atom. The fourth-order valence-electron chi connectivity index (χ4n) is 1.64. The summed E-state index contributed by atoms with van der Waals surface area (Å²) in [5.74, 6) is -0.423. The molecule has 3 nitrogen and oxygen atoms in total. The van der Waals surface area contributed by atoms with Crippen LogP contribution >= 0.6 is 11.6 Å². The van der Waals surface area contributed by atoms with E-state index in [9.17, 15) is 4.79 Å². The zero-order chi connectivity index (χ0) is 14.4. The van der Waals surface area contributed by atoms with E-state index in [2.05, 4.69) is 0 Å². The van der Waals surface area contributed by atoms with E-state index in [4.69, 9.17) is 21.4 Å². The van der Waals surface area contributed by atoms with Crippen LogP contribution in [-0.4, -0.2) is 11.1 Å². The summed E-state index contributed by atoms with van der Waals surface area (Å²) in [6.07, 6.45) is 2.55. The van der Waals surface area contributed by atoms with Crippen molar-refractivity contribution in [3.63, 3.8) is 0 Å². The molecule has 0 amide bonds. The van der Waals surface area contributed by atoms with Crippen molar-refractivity contribution in [3.8, 4) is 5.75 Å². The molecular formula is C16H13ClO3. The third-order valence-corrected chi connectivity index (χ3v) is 2.91. The van der Waals surface area contributed by atoms with Crippen LogP contribution < -0.4 is 4.74 Å². The zero-order valence-corrected chi connectivity index (χ0v) is 11.4. The minimum absolute atomic E-state index is 0.435. The number of benzene rings is 2. The molecule has 0 unspecified atom stereocenters. The van der Waals surface area contributed by atoms with Gasteiger partial charge in [-0.3, -0.25) is 0 Å². The van der Waals surface area contributed by atoms with Crippen molar-refractivity contribution in [1.29, 1.82) is 0 Å². The molecular weight excluding hydrogens is 276 g/mol. The third-order valence-electron chi connectivity index (χ3n) is 2.61. The molecule has 2 rings (SSSR count). The summed E-state index contributed by atoms with van der Waals surface area (Å²) in [5.41, 5.74) is 1.77. The fraction of sp³-hybridized carbons (Fsp3) is 0.0625. The predicted molar refractivity (Wildman–Crippen MR) is 78.9 cm³/mol. The molecule has 0 aliphatic carbocycles. The average molecular weight is 289 g/mol. The van der Waals surface area contributed by atoms with Crippen molar-refractivity contribution in [2.24, 2.45) is 0 Å². The Labute approximate surface area is 122 Å². The zero-order valence-electron chi connectivity index (χ0n) is 10.6. The molecule has 0 radical (unpaired) electrons. The second kappa shape index (κ2) is 6.78. The van der Waals surface area contributed by atoms with Crippen LogP contribution in [0, 0.1) is 0 Å². The molecule has 2 aromatic rings. The van der Waals surface area contributed by atoms with E-state index in [-0.39, 0.29) is 0 Å². The lowest BCUT2D eigenvalue weighted by atomic mass is 10.2.